The molecule has 0 amide bonds. The van der Waals surface area contributed by atoms with E-state index in [1.807, 2.05) is 0 Å². The predicted octanol–water partition coefficient (Wildman–Crippen LogP) is 1.57. The van der Waals surface area contributed by atoms with Crippen molar-refractivity contribution < 1.29 is 8.42 Å². The maximum atomic E-state index is 11.8. The van der Waals surface area contributed by atoms with Crippen molar-refractivity contribution >= 4 is 43.8 Å². The second-order valence-corrected chi connectivity index (χ2v) is 6.32. The molecule has 0 spiro atoms. The summed E-state index contributed by atoms with van der Waals surface area (Å²) in [4.78, 5) is 0. The van der Waals surface area contributed by atoms with Crippen LogP contribution in [0.15, 0.2) is 28.6 Å². The Morgan fingerprint density at radius 2 is 2.12 bits per heavy atom. The number of aromatic nitrogens is 2. The summed E-state index contributed by atoms with van der Waals surface area (Å²) in [6, 6.07) is 6.34. The first-order chi connectivity index (χ1) is 7.97. The first-order valence-electron chi connectivity index (χ1n) is 4.35. The van der Waals surface area contributed by atoms with Crippen LogP contribution in [0.4, 0.5) is 10.8 Å². The highest BCUT2D eigenvalue weighted by Crippen LogP contribution is 2.22. The first kappa shape index (κ1) is 12.1. The van der Waals surface area contributed by atoms with Gasteiger partial charge in [-0.2, -0.15) is 8.42 Å². The molecule has 0 saturated carbocycles. The van der Waals surface area contributed by atoms with Crippen molar-refractivity contribution in [3.05, 3.63) is 29.3 Å². The predicted molar refractivity (Wildman–Crippen MR) is 66.6 cm³/mol. The monoisotopic (exact) mass is 290 g/mol. The van der Waals surface area contributed by atoms with Gasteiger partial charge in [-0.1, -0.05) is 29.0 Å². The summed E-state index contributed by atoms with van der Waals surface area (Å²) in [6.45, 7) is 0. The summed E-state index contributed by atoms with van der Waals surface area (Å²) in [5.74, 6) is 0. The summed E-state index contributed by atoms with van der Waals surface area (Å²) in [6.07, 6.45) is 0. The van der Waals surface area contributed by atoms with Crippen molar-refractivity contribution in [2.24, 2.45) is 0 Å². The number of anilines is 2. The Labute approximate surface area is 106 Å². The minimum Gasteiger partial charge on any atom is -0.374 e. The summed E-state index contributed by atoms with van der Waals surface area (Å²) < 4.78 is 25.8. The van der Waals surface area contributed by atoms with Crippen LogP contribution in [-0.4, -0.2) is 18.6 Å². The van der Waals surface area contributed by atoms with Gasteiger partial charge in [-0.25, -0.2) is 0 Å². The van der Waals surface area contributed by atoms with E-state index < -0.39 is 10.0 Å². The molecule has 2 rings (SSSR count). The van der Waals surface area contributed by atoms with E-state index >= 15 is 0 Å². The third kappa shape index (κ3) is 2.84. The highest BCUT2D eigenvalue weighted by molar-refractivity contribution is 7.94. The molecular weight excluding hydrogens is 284 g/mol. The molecule has 0 bridgehead atoms. The second-order valence-electron chi connectivity index (χ2n) is 3.02. The molecule has 9 heteroatoms. The van der Waals surface area contributed by atoms with Gasteiger partial charge in [0.15, 0.2) is 0 Å². The van der Waals surface area contributed by atoms with E-state index in [9.17, 15) is 8.42 Å². The molecule has 17 heavy (non-hydrogen) atoms. The van der Waals surface area contributed by atoms with E-state index in [1.54, 1.807) is 18.2 Å². The standard InChI is InChI=1S/C8H7ClN4O2S2/c9-5-2-1-3-6(4-5)13-17(14,15)8-12-11-7(10)16-8/h1-4,13H,(H2,10,11). The number of hydrogen-bond donors (Lipinski definition) is 2. The molecule has 0 radical (unpaired) electrons. The maximum Gasteiger partial charge on any atom is 0.291 e. The number of nitrogen functional groups attached to an aromatic ring is 1. The SMILES string of the molecule is Nc1nnc(S(=O)(=O)Nc2cccc(Cl)c2)s1. The largest absolute Gasteiger partial charge is 0.374 e. The topological polar surface area (TPSA) is 98.0 Å². The molecule has 0 atom stereocenters. The van der Waals surface area contributed by atoms with Gasteiger partial charge in [0.25, 0.3) is 14.4 Å². The van der Waals surface area contributed by atoms with Gasteiger partial charge in [-0.3, -0.25) is 4.72 Å². The van der Waals surface area contributed by atoms with Gasteiger partial charge >= 0.3 is 0 Å². The Balaban J connectivity index is 2.29. The lowest BCUT2D eigenvalue weighted by Crippen LogP contribution is -2.12. The molecule has 0 aliphatic rings. The minimum absolute atomic E-state index is 0.0940. The van der Waals surface area contributed by atoms with Gasteiger partial charge in [0.05, 0.1) is 5.69 Å². The zero-order chi connectivity index (χ0) is 12.5. The molecule has 0 unspecified atom stereocenters. The molecule has 3 N–H and O–H groups in total. The Kier molecular flexibility index (Phi) is 3.18. The number of benzene rings is 1. The fourth-order valence-corrected chi connectivity index (χ4v) is 3.11. The average Bonchev–Trinajstić information content (AvgIpc) is 2.65. The van der Waals surface area contributed by atoms with Crippen LogP contribution < -0.4 is 10.5 Å². The van der Waals surface area contributed by atoms with Gasteiger partial charge in [-0.05, 0) is 18.2 Å². The zero-order valence-corrected chi connectivity index (χ0v) is 10.7. The molecule has 0 aliphatic carbocycles. The van der Waals surface area contributed by atoms with Crippen LogP contribution in [0.3, 0.4) is 0 Å². The van der Waals surface area contributed by atoms with Crippen molar-refractivity contribution in [1.82, 2.24) is 10.2 Å². The van der Waals surface area contributed by atoms with Crippen LogP contribution in [-0.2, 0) is 10.0 Å². The molecule has 0 saturated heterocycles. The van der Waals surface area contributed by atoms with E-state index in [2.05, 4.69) is 14.9 Å². The number of nitrogens with one attached hydrogen (secondary N) is 1. The van der Waals surface area contributed by atoms with E-state index in [-0.39, 0.29) is 9.47 Å². The van der Waals surface area contributed by atoms with Crippen molar-refractivity contribution in [3.8, 4) is 0 Å². The fraction of sp³-hybridized carbons (Fsp3) is 0. The van der Waals surface area contributed by atoms with Gasteiger partial charge < -0.3 is 5.73 Å². The van der Waals surface area contributed by atoms with Gasteiger partial charge in [0.2, 0.25) is 5.13 Å². The Hall–Kier alpha value is -1.38. The number of sulfonamides is 1. The fourth-order valence-electron chi connectivity index (χ4n) is 1.08. The van der Waals surface area contributed by atoms with Crippen LogP contribution in [0.25, 0.3) is 0 Å². The molecular formula is C8H7ClN4O2S2. The van der Waals surface area contributed by atoms with E-state index in [4.69, 9.17) is 17.3 Å². The second kappa shape index (κ2) is 4.47. The molecule has 2 aromatic rings. The Bertz CT molecular complexity index is 640. The molecule has 1 aromatic heterocycles. The van der Waals surface area contributed by atoms with Gasteiger partial charge in [0, 0.05) is 5.02 Å². The summed E-state index contributed by atoms with van der Waals surface area (Å²) in [5, 5.41) is 7.44. The number of nitrogens with two attached hydrogens (primary N) is 1. The number of halogens is 1. The quantitative estimate of drug-likeness (QED) is 0.894. The Morgan fingerprint density at radius 3 is 2.71 bits per heavy atom. The number of nitrogens with zero attached hydrogens (tertiary/aromatic N) is 2. The molecule has 1 heterocycles. The highest BCUT2D eigenvalue weighted by Gasteiger charge is 2.19. The van der Waals surface area contributed by atoms with Crippen LogP contribution >= 0.6 is 22.9 Å². The minimum atomic E-state index is -3.75. The lowest BCUT2D eigenvalue weighted by atomic mass is 10.3. The van der Waals surface area contributed by atoms with E-state index in [0.717, 1.165) is 11.3 Å². The lowest BCUT2D eigenvalue weighted by Gasteiger charge is -2.04. The van der Waals surface area contributed by atoms with Gasteiger partial charge in [0.1, 0.15) is 0 Å². The van der Waals surface area contributed by atoms with Crippen LogP contribution in [0.1, 0.15) is 0 Å². The third-order valence-corrected chi connectivity index (χ3v) is 4.47. The normalized spacial score (nSPS) is 11.4. The molecule has 0 aliphatic heterocycles. The van der Waals surface area contributed by atoms with E-state index in [0.29, 0.717) is 10.7 Å². The smallest absolute Gasteiger partial charge is 0.291 e. The van der Waals surface area contributed by atoms with Crippen molar-refractivity contribution in [1.29, 1.82) is 0 Å². The molecule has 6 nitrogen and oxygen atoms in total. The zero-order valence-electron chi connectivity index (χ0n) is 8.29. The van der Waals surface area contributed by atoms with Crippen molar-refractivity contribution in [3.63, 3.8) is 0 Å². The van der Waals surface area contributed by atoms with Crippen LogP contribution in [0.2, 0.25) is 5.02 Å². The van der Waals surface area contributed by atoms with Crippen LogP contribution in [0.5, 0.6) is 0 Å². The third-order valence-electron chi connectivity index (χ3n) is 1.73. The number of rotatable bonds is 3. The highest BCUT2D eigenvalue weighted by atomic mass is 35.5. The molecule has 90 valence electrons. The van der Waals surface area contributed by atoms with Crippen LogP contribution in [0, 0.1) is 0 Å². The lowest BCUT2D eigenvalue weighted by molar-refractivity contribution is 0.599. The first-order valence-corrected chi connectivity index (χ1v) is 7.02. The molecule has 0 fully saturated rings. The Morgan fingerprint density at radius 1 is 1.35 bits per heavy atom. The summed E-state index contributed by atoms with van der Waals surface area (Å²) in [7, 11) is -3.75. The number of hydrogen-bond acceptors (Lipinski definition) is 6. The average molecular weight is 291 g/mol. The van der Waals surface area contributed by atoms with Crippen molar-refractivity contribution in [2.75, 3.05) is 10.5 Å². The maximum absolute atomic E-state index is 11.8. The van der Waals surface area contributed by atoms with Crippen molar-refractivity contribution in [2.45, 2.75) is 4.34 Å². The summed E-state index contributed by atoms with van der Waals surface area (Å²) in [5.41, 5.74) is 5.68. The van der Waals surface area contributed by atoms with E-state index in [1.165, 1.54) is 6.07 Å². The summed E-state index contributed by atoms with van der Waals surface area (Å²) >= 11 is 6.53. The van der Waals surface area contributed by atoms with Gasteiger partial charge in [-0.15, -0.1) is 10.2 Å². The molecule has 1 aromatic carbocycles.